The molecule has 5 aliphatic carbocycles. The van der Waals surface area contributed by atoms with Crippen molar-refractivity contribution in [2.24, 2.45) is 67.7 Å². The minimum absolute atomic E-state index is 0.0279. The maximum Gasteiger partial charge on any atom is 0.0630 e. The minimum atomic E-state index is 0.0279. The molecule has 0 bridgehead atoms. The normalized spacial score (nSPS) is 55.8. The van der Waals surface area contributed by atoms with E-state index in [1.54, 1.807) is 0 Å². The molecule has 0 aliphatic heterocycles. The molecule has 0 saturated heterocycles. The maximum atomic E-state index is 9.75. The van der Waals surface area contributed by atoms with Crippen molar-refractivity contribution in [1.82, 2.24) is 0 Å². The lowest BCUT2D eigenvalue weighted by molar-refractivity contribution is -0.228. The topological polar surface area (TPSA) is 32.6 Å². The van der Waals surface area contributed by atoms with Crippen LogP contribution in [0.4, 0.5) is 0 Å². The molecule has 5 fully saturated rings. The van der Waals surface area contributed by atoms with E-state index in [0.717, 1.165) is 41.7 Å². The molecule has 0 spiro atoms. The van der Waals surface area contributed by atoms with Crippen LogP contribution in [0.3, 0.4) is 0 Å². The largest absolute Gasteiger partial charge is 0.411 e. The highest BCUT2D eigenvalue weighted by Crippen LogP contribution is 2.77. The summed E-state index contributed by atoms with van der Waals surface area (Å²) in [6, 6.07) is 0. The van der Waals surface area contributed by atoms with Crippen LogP contribution in [0.2, 0.25) is 0 Å². The van der Waals surface area contributed by atoms with Crippen molar-refractivity contribution in [3.63, 3.8) is 0 Å². The van der Waals surface area contributed by atoms with Crippen molar-refractivity contribution < 1.29 is 5.21 Å². The molecule has 0 aromatic rings. The molecule has 182 valence electrons. The third-order valence-electron chi connectivity index (χ3n) is 13.7. The monoisotopic (exact) mass is 441 g/mol. The first kappa shape index (κ1) is 23.2. The van der Waals surface area contributed by atoms with Crippen LogP contribution in [0.25, 0.3) is 0 Å². The Morgan fingerprint density at radius 1 is 0.781 bits per heavy atom. The molecule has 1 N–H and O–H groups in total. The van der Waals surface area contributed by atoms with Crippen LogP contribution in [-0.2, 0) is 0 Å². The Labute approximate surface area is 198 Å². The molecule has 5 saturated carbocycles. The molecule has 2 nitrogen and oxygen atoms in total. The van der Waals surface area contributed by atoms with Crippen molar-refractivity contribution in [2.45, 2.75) is 120 Å². The summed E-state index contributed by atoms with van der Waals surface area (Å²) in [5.74, 6) is 5.10. The SMILES string of the molecule is CC(C)[C@H]1CC[C@]2(C)CC[C@]3(C)C(CCC4[C@]5(C)CC/C(=N\O)C(C)(C)C5CC[C@]43C)C12. The van der Waals surface area contributed by atoms with E-state index in [4.69, 9.17) is 0 Å². The third-order valence-corrected chi connectivity index (χ3v) is 13.7. The molecule has 0 amide bonds. The van der Waals surface area contributed by atoms with Gasteiger partial charge in [0.15, 0.2) is 0 Å². The number of fused-ring (bicyclic) bond motifs is 7. The molecule has 0 aromatic heterocycles. The van der Waals surface area contributed by atoms with Crippen LogP contribution in [0, 0.1) is 62.6 Å². The molecule has 32 heavy (non-hydrogen) atoms. The van der Waals surface area contributed by atoms with Gasteiger partial charge in [-0.1, -0.05) is 60.5 Å². The molecule has 0 heterocycles. The van der Waals surface area contributed by atoms with E-state index < -0.39 is 0 Å². The summed E-state index contributed by atoms with van der Waals surface area (Å²) in [6.07, 6.45) is 13.7. The van der Waals surface area contributed by atoms with Gasteiger partial charge in [-0.25, -0.2) is 0 Å². The first-order chi connectivity index (χ1) is 14.8. The van der Waals surface area contributed by atoms with Gasteiger partial charge in [-0.05, 0) is 121 Å². The van der Waals surface area contributed by atoms with Gasteiger partial charge in [-0.2, -0.15) is 0 Å². The van der Waals surface area contributed by atoms with Gasteiger partial charge in [0, 0.05) is 5.41 Å². The number of nitrogens with zero attached hydrogens (tertiary/aromatic N) is 1. The van der Waals surface area contributed by atoms with Gasteiger partial charge in [0.05, 0.1) is 5.71 Å². The van der Waals surface area contributed by atoms with E-state index in [1.165, 1.54) is 57.8 Å². The zero-order valence-electron chi connectivity index (χ0n) is 22.4. The van der Waals surface area contributed by atoms with Crippen LogP contribution in [-0.4, -0.2) is 10.9 Å². The molecular weight excluding hydrogens is 390 g/mol. The fraction of sp³-hybridized carbons (Fsp3) is 0.967. The van der Waals surface area contributed by atoms with Gasteiger partial charge >= 0.3 is 0 Å². The fourth-order valence-electron chi connectivity index (χ4n) is 11.7. The molecule has 5 aliphatic rings. The highest BCUT2D eigenvalue weighted by atomic mass is 16.4. The maximum absolute atomic E-state index is 9.75. The smallest absolute Gasteiger partial charge is 0.0630 e. The van der Waals surface area contributed by atoms with E-state index in [2.05, 4.69) is 60.5 Å². The van der Waals surface area contributed by atoms with Crippen molar-refractivity contribution in [3.05, 3.63) is 0 Å². The standard InChI is InChI=1S/C30H51NO/c1-19(2)20-11-14-27(5)17-18-29(7)21(25(20)27)9-10-23-28(6)15-13-24(31-32)26(3,4)22(28)12-16-30(23,29)8/h19-23,25,32H,9-18H2,1-8H3/b31-24+/t20-,21?,22?,23?,25?,27-,28-,29-,30-/m1/s1. The summed E-state index contributed by atoms with van der Waals surface area (Å²) in [6.45, 7) is 20.6. The summed E-state index contributed by atoms with van der Waals surface area (Å²) >= 11 is 0. The van der Waals surface area contributed by atoms with Crippen molar-refractivity contribution in [1.29, 1.82) is 0 Å². The van der Waals surface area contributed by atoms with E-state index in [-0.39, 0.29) is 5.41 Å². The van der Waals surface area contributed by atoms with Crippen LogP contribution < -0.4 is 0 Å². The Bertz CT molecular complexity index is 799. The molecule has 0 aromatic carbocycles. The quantitative estimate of drug-likeness (QED) is 0.321. The van der Waals surface area contributed by atoms with E-state index >= 15 is 0 Å². The predicted octanol–water partition coefficient (Wildman–Crippen LogP) is 8.57. The van der Waals surface area contributed by atoms with Gasteiger partial charge < -0.3 is 5.21 Å². The minimum Gasteiger partial charge on any atom is -0.411 e. The van der Waals surface area contributed by atoms with E-state index in [9.17, 15) is 5.21 Å². The number of oxime groups is 1. The average Bonchev–Trinajstić information content (AvgIpc) is 3.06. The summed E-state index contributed by atoms with van der Waals surface area (Å²) in [7, 11) is 0. The number of hydrogen-bond acceptors (Lipinski definition) is 2. The van der Waals surface area contributed by atoms with Crippen molar-refractivity contribution >= 4 is 5.71 Å². The van der Waals surface area contributed by atoms with Crippen LogP contribution in [0.1, 0.15) is 120 Å². The molecule has 2 heteroatoms. The Hall–Kier alpha value is -0.530. The van der Waals surface area contributed by atoms with Gasteiger partial charge in [-0.15, -0.1) is 0 Å². The zero-order valence-corrected chi connectivity index (χ0v) is 22.4. The lowest BCUT2D eigenvalue weighted by Crippen LogP contribution is -2.66. The van der Waals surface area contributed by atoms with E-state index in [0.29, 0.717) is 27.6 Å². The molecule has 4 unspecified atom stereocenters. The van der Waals surface area contributed by atoms with Gasteiger partial charge in [-0.3, -0.25) is 0 Å². The highest BCUT2D eigenvalue weighted by molar-refractivity contribution is 5.90. The predicted molar refractivity (Wildman–Crippen MR) is 134 cm³/mol. The van der Waals surface area contributed by atoms with Crippen LogP contribution in [0.5, 0.6) is 0 Å². The van der Waals surface area contributed by atoms with Gasteiger partial charge in [0.25, 0.3) is 0 Å². The Balaban J connectivity index is 1.54. The number of hydrogen-bond donors (Lipinski definition) is 1. The molecule has 5 rings (SSSR count). The fourth-order valence-corrected chi connectivity index (χ4v) is 11.7. The Morgan fingerprint density at radius 3 is 2.16 bits per heavy atom. The average molecular weight is 442 g/mol. The highest BCUT2D eigenvalue weighted by Gasteiger charge is 2.70. The first-order valence-electron chi connectivity index (χ1n) is 14.1. The lowest BCUT2D eigenvalue weighted by atomic mass is 9.32. The summed E-state index contributed by atoms with van der Waals surface area (Å²) in [4.78, 5) is 0. The number of rotatable bonds is 1. The first-order valence-corrected chi connectivity index (χ1v) is 14.1. The van der Waals surface area contributed by atoms with E-state index in [1.807, 2.05) is 0 Å². The van der Waals surface area contributed by atoms with Crippen LogP contribution >= 0.6 is 0 Å². The van der Waals surface area contributed by atoms with Gasteiger partial charge in [0.1, 0.15) is 0 Å². The summed E-state index contributed by atoms with van der Waals surface area (Å²) < 4.78 is 0. The Kier molecular flexibility index (Phi) is 5.08. The third kappa shape index (κ3) is 2.68. The second-order valence-electron chi connectivity index (χ2n) is 15.1. The second-order valence-corrected chi connectivity index (χ2v) is 15.1. The van der Waals surface area contributed by atoms with Crippen molar-refractivity contribution in [3.8, 4) is 0 Å². The molecule has 0 radical (unpaired) electrons. The van der Waals surface area contributed by atoms with Gasteiger partial charge in [0.2, 0.25) is 0 Å². The lowest BCUT2D eigenvalue weighted by Gasteiger charge is -2.72. The second kappa shape index (κ2) is 7.00. The molecule has 9 atom stereocenters. The molecular formula is C30H51NO. The Morgan fingerprint density at radius 2 is 1.50 bits per heavy atom. The van der Waals surface area contributed by atoms with Crippen LogP contribution in [0.15, 0.2) is 5.16 Å². The van der Waals surface area contributed by atoms with Crippen molar-refractivity contribution in [2.75, 3.05) is 0 Å². The zero-order chi connectivity index (χ0) is 23.3. The summed E-state index contributed by atoms with van der Waals surface area (Å²) in [5, 5.41) is 13.6. The summed E-state index contributed by atoms with van der Waals surface area (Å²) in [5.41, 5.74) is 3.01.